The van der Waals surface area contributed by atoms with Gasteiger partial charge in [0.1, 0.15) is 5.76 Å². The molecule has 22 heavy (non-hydrogen) atoms. The minimum atomic E-state index is -0.533. The van der Waals surface area contributed by atoms with Gasteiger partial charge in [0.25, 0.3) is 11.1 Å². The summed E-state index contributed by atoms with van der Waals surface area (Å²) >= 11 is 8.11. The van der Waals surface area contributed by atoms with Crippen molar-refractivity contribution in [2.75, 3.05) is 7.11 Å². The number of carbonyl (C=O) groups is 1. The molecular formula is C12H8ClN3O4S2. The zero-order valence-corrected chi connectivity index (χ0v) is 13.7. The van der Waals surface area contributed by atoms with Crippen LogP contribution in [0.4, 0.5) is 0 Å². The summed E-state index contributed by atoms with van der Waals surface area (Å²) in [6.45, 7) is 1.80. The molecule has 0 aliphatic carbocycles. The Labute approximate surface area is 137 Å². The van der Waals surface area contributed by atoms with Gasteiger partial charge in [0.2, 0.25) is 0 Å². The number of aromatic nitrogens is 3. The van der Waals surface area contributed by atoms with E-state index >= 15 is 0 Å². The fourth-order valence-electron chi connectivity index (χ4n) is 1.59. The van der Waals surface area contributed by atoms with Crippen LogP contribution in [0.25, 0.3) is 11.5 Å². The number of halogens is 1. The van der Waals surface area contributed by atoms with Gasteiger partial charge in [-0.3, -0.25) is 0 Å². The standard InChI is InChI=1S/C12H8ClN3O4S2/c1-5-6(3-4-19-5)9-15-16-11(20-9)22-12-14-8(13)7(21-12)10(17)18-2/h3-4H,1-2H3. The summed E-state index contributed by atoms with van der Waals surface area (Å²) in [7, 11) is 1.28. The molecule has 10 heteroatoms. The van der Waals surface area contributed by atoms with Crippen LogP contribution in [0.15, 0.2) is 30.7 Å². The third-order valence-corrected chi connectivity index (χ3v) is 4.93. The lowest BCUT2D eigenvalue weighted by Crippen LogP contribution is -1.98. The number of furan rings is 1. The number of esters is 1. The molecule has 0 aromatic carbocycles. The van der Waals surface area contributed by atoms with Crippen molar-refractivity contribution in [3.05, 3.63) is 28.1 Å². The van der Waals surface area contributed by atoms with E-state index in [-0.39, 0.29) is 15.3 Å². The van der Waals surface area contributed by atoms with Gasteiger partial charge in [0.15, 0.2) is 14.4 Å². The van der Waals surface area contributed by atoms with Gasteiger partial charge in [-0.1, -0.05) is 22.9 Å². The first-order valence-electron chi connectivity index (χ1n) is 5.89. The number of nitrogens with zero attached hydrogens (tertiary/aromatic N) is 3. The van der Waals surface area contributed by atoms with Crippen LogP contribution in [0.2, 0.25) is 5.15 Å². The molecule has 7 nitrogen and oxygen atoms in total. The van der Waals surface area contributed by atoms with Gasteiger partial charge in [-0.15, -0.1) is 10.2 Å². The second-order valence-corrected chi connectivity index (χ2v) is 6.51. The fourth-order valence-corrected chi connectivity index (χ4v) is 3.69. The predicted molar refractivity (Wildman–Crippen MR) is 79.3 cm³/mol. The van der Waals surface area contributed by atoms with E-state index in [4.69, 9.17) is 20.4 Å². The molecule has 3 aromatic heterocycles. The van der Waals surface area contributed by atoms with Crippen molar-refractivity contribution in [2.24, 2.45) is 0 Å². The number of rotatable bonds is 4. The van der Waals surface area contributed by atoms with Gasteiger partial charge < -0.3 is 13.6 Å². The third kappa shape index (κ3) is 2.87. The topological polar surface area (TPSA) is 91.2 Å². The number of ether oxygens (including phenoxy) is 1. The number of aryl methyl sites for hydroxylation is 1. The Kier molecular flexibility index (Phi) is 4.19. The summed E-state index contributed by atoms with van der Waals surface area (Å²) in [5, 5.41) is 8.25. The molecule has 0 unspecified atom stereocenters. The molecule has 0 N–H and O–H groups in total. The molecule has 3 rings (SSSR count). The molecule has 0 radical (unpaired) electrons. The van der Waals surface area contributed by atoms with Gasteiger partial charge in [0, 0.05) is 11.8 Å². The minimum absolute atomic E-state index is 0.0877. The van der Waals surface area contributed by atoms with E-state index < -0.39 is 5.97 Å². The van der Waals surface area contributed by atoms with E-state index in [1.165, 1.54) is 7.11 Å². The second-order valence-electron chi connectivity index (χ2n) is 3.96. The van der Waals surface area contributed by atoms with Crippen LogP contribution in [-0.4, -0.2) is 28.3 Å². The Morgan fingerprint density at radius 2 is 2.27 bits per heavy atom. The summed E-state index contributed by atoms with van der Waals surface area (Å²) < 4.78 is 15.9. The molecule has 3 heterocycles. The van der Waals surface area contributed by atoms with Crippen molar-refractivity contribution in [1.29, 1.82) is 0 Å². The summed E-state index contributed by atoms with van der Waals surface area (Å²) in [6.07, 6.45) is 1.55. The number of thiazole rings is 1. The number of methoxy groups -OCH3 is 1. The summed E-state index contributed by atoms with van der Waals surface area (Å²) in [5.41, 5.74) is 0.728. The molecule has 0 aliphatic rings. The highest BCUT2D eigenvalue weighted by molar-refractivity contribution is 8.00. The van der Waals surface area contributed by atoms with Crippen LogP contribution >= 0.6 is 34.7 Å². The van der Waals surface area contributed by atoms with Gasteiger partial charge in [-0.05, 0) is 13.0 Å². The average Bonchev–Trinajstić information content (AvgIpc) is 3.19. The number of hydrogen-bond donors (Lipinski definition) is 0. The lowest BCUT2D eigenvalue weighted by molar-refractivity contribution is 0.0606. The average molecular weight is 358 g/mol. The Morgan fingerprint density at radius 1 is 1.45 bits per heavy atom. The van der Waals surface area contributed by atoms with Crippen LogP contribution in [-0.2, 0) is 4.74 Å². The smallest absolute Gasteiger partial charge is 0.351 e. The van der Waals surface area contributed by atoms with E-state index in [0.717, 1.165) is 28.7 Å². The van der Waals surface area contributed by atoms with E-state index in [2.05, 4.69) is 19.9 Å². The molecule has 0 saturated heterocycles. The zero-order valence-electron chi connectivity index (χ0n) is 11.3. The van der Waals surface area contributed by atoms with Crippen molar-refractivity contribution in [3.63, 3.8) is 0 Å². The molecule has 0 atom stereocenters. The number of carbonyl (C=O) groups excluding carboxylic acids is 1. The first-order valence-corrected chi connectivity index (χ1v) is 7.90. The largest absolute Gasteiger partial charge is 0.469 e. The highest BCUT2D eigenvalue weighted by Gasteiger charge is 2.20. The van der Waals surface area contributed by atoms with E-state index in [1.54, 1.807) is 19.3 Å². The van der Waals surface area contributed by atoms with Gasteiger partial charge in [-0.2, -0.15) is 0 Å². The van der Waals surface area contributed by atoms with Crippen molar-refractivity contribution >= 4 is 40.7 Å². The second kappa shape index (κ2) is 6.11. The lowest BCUT2D eigenvalue weighted by atomic mass is 10.3. The zero-order chi connectivity index (χ0) is 15.7. The summed E-state index contributed by atoms with van der Waals surface area (Å²) in [6, 6.07) is 1.74. The van der Waals surface area contributed by atoms with E-state index in [0.29, 0.717) is 16.0 Å². The number of hydrogen-bond acceptors (Lipinski definition) is 9. The van der Waals surface area contributed by atoms with E-state index in [9.17, 15) is 4.79 Å². The monoisotopic (exact) mass is 357 g/mol. The molecule has 0 fully saturated rings. The molecule has 0 aliphatic heterocycles. The quantitative estimate of drug-likeness (QED) is 0.653. The fraction of sp³-hybridized carbons (Fsp3) is 0.167. The van der Waals surface area contributed by atoms with Gasteiger partial charge in [0.05, 0.1) is 18.9 Å². The van der Waals surface area contributed by atoms with Crippen LogP contribution < -0.4 is 0 Å². The first kappa shape index (κ1) is 15.1. The van der Waals surface area contributed by atoms with Crippen LogP contribution in [0.1, 0.15) is 15.4 Å². The summed E-state index contributed by atoms with van der Waals surface area (Å²) in [4.78, 5) is 15.8. The van der Waals surface area contributed by atoms with Gasteiger partial charge in [-0.25, -0.2) is 9.78 Å². The maximum atomic E-state index is 11.5. The Bertz CT molecular complexity index is 826. The van der Waals surface area contributed by atoms with E-state index in [1.807, 2.05) is 0 Å². The van der Waals surface area contributed by atoms with Crippen molar-refractivity contribution < 1.29 is 18.4 Å². The molecule has 3 aromatic rings. The van der Waals surface area contributed by atoms with Crippen LogP contribution in [0, 0.1) is 6.92 Å². The lowest BCUT2D eigenvalue weighted by Gasteiger charge is -1.92. The molecule has 0 saturated carbocycles. The normalized spacial score (nSPS) is 10.9. The molecular weight excluding hydrogens is 350 g/mol. The molecule has 0 bridgehead atoms. The Hall–Kier alpha value is -1.84. The summed E-state index contributed by atoms with van der Waals surface area (Å²) in [5.74, 6) is 0.504. The Morgan fingerprint density at radius 3 is 2.95 bits per heavy atom. The Balaban J connectivity index is 1.81. The highest BCUT2D eigenvalue weighted by Crippen LogP contribution is 2.35. The first-order chi connectivity index (χ1) is 10.6. The minimum Gasteiger partial charge on any atom is -0.469 e. The molecule has 114 valence electrons. The molecule has 0 amide bonds. The van der Waals surface area contributed by atoms with Crippen LogP contribution in [0.3, 0.4) is 0 Å². The maximum Gasteiger partial charge on any atom is 0.351 e. The van der Waals surface area contributed by atoms with Crippen molar-refractivity contribution in [2.45, 2.75) is 16.5 Å². The highest BCUT2D eigenvalue weighted by atomic mass is 35.5. The third-order valence-electron chi connectivity index (χ3n) is 2.61. The van der Waals surface area contributed by atoms with Gasteiger partial charge >= 0.3 is 5.97 Å². The maximum absolute atomic E-state index is 11.5. The van der Waals surface area contributed by atoms with Crippen molar-refractivity contribution in [1.82, 2.24) is 15.2 Å². The van der Waals surface area contributed by atoms with Crippen LogP contribution in [0.5, 0.6) is 0 Å². The predicted octanol–water partition coefficient (Wildman–Crippen LogP) is 3.69. The molecule has 0 spiro atoms. The van der Waals surface area contributed by atoms with Crippen molar-refractivity contribution in [3.8, 4) is 11.5 Å². The SMILES string of the molecule is COC(=O)c1sc(Sc2nnc(-c3ccoc3C)o2)nc1Cl.